The summed E-state index contributed by atoms with van der Waals surface area (Å²) in [5.74, 6) is -0.885. The highest BCUT2D eigenvalue weighted by Crippen LogP contribution is 2.08. The molecule has 0 unspecified atom stereocenters. The van der Waals surface area contributed by atoms with Crippen LogP contribution in [0.25, 0.3) is 0 Å². The number of carbonyl (C=O) groups is 1. The van der Waals surface area contributed by atoms with Gasteiger partial charge in [-0.2, -0.15) is 0 Å². The predicted molar refractivity (Wildman–Crippen MR) is 66.0 cm³/mol. The molecular formula is C10H7IN2O4. The molecule has 0 radical (unpaired) electrons. The number of aromatic carboxylic acids is 1. The largest absolute Gasteiger partial charge is 0.475 e. The molecule has 0 atom stereocenters. The van der Waals surface area contributed by atoms with Gasteiger partial charge in [-0.3, -0.25) is 9.36 Å². The third-order valence-corrected chi connectivity index (χ3v) is 2.80. The molecule has 0 bridgehead atoms. The van der Waals surface area contributed by atoms with Crippen LogP contribution >= 0.6 is 22.6 Å². The topological polar surface area (TPSA) is 85.3 Å². The smallest absolute Gasteiger partial charge is 0.371 e. The van der Waals surface area contributed by atoms with Crippen molar-refractivity contribution in [1.29, 1.82) is 0 Å². The fourth-order valence-electron chi connectivity index (χ4n) is 1.28. The summed E-state index contributed by atoms with van der Waals surface area (Å²) < 4.78 is 6.90. The quantitative estimate of drug-likeness (QED) is 0.844. The standard InChI is InChI=1S/C10H7IN2O4/c11-7-3-12-5-13(9(7)14)4-6-1-2-8(17-6)10(15)16/h1-3,5H,4H2,(H,15,16). The van der Waals surface area contributed by atoms with Gasteiger partial charge in [0, 0.05) is 6.20 Å². The normalized spacial score (nSPS) is 10.4. The number of hydrogen-bond acceptors (Lipinski definition) is 4. The Labute approximate surface area is 109 Å². The molecule has 0 aliphatic heterocycles. The van der Waals surface area contributed by atoms with Gasteiger partial charge < -0.3 is 9.52 Å². The molecule has 0 aromatic carbocycles. The summed E-state index contributed by atoms with van der Waals surface area (Å²) in [4.78, 5) is 26.2. The Morgan fingerprint density at radius 2 is 2.29 bits per heavy atom. The second kappa shape index (κ2) is 4.70. The second-order valence-electron chi connectivity index (χ2n) is 3.25. The number of aromatic nitrogens is 2. The van der Waals surface area contributed by atoms with Crippen LogP contribution in [0.5, 0.6) is 0 Å². The van der Waals surface area contributed by atoms with Crippen LogP contribution in [-0.2, 0) is 6.54 Å². The van der Waals surface area contributed by atoms with Crippen molar-refractivity contribution in [3.8, 4) is 0 Å². The molecule has 0 amide bonds. The number of carboxylic acid groups (broad SMARTS) is 1. The van der Waals surface area contributed by atoms with E-state index in [9.17, 15) is 9.59 Å². The number of rotatable bonds is 3. The van der Waals surface area contributed by atoms with Gasteiger partial charge in [-0.15, -0.1) is 0 Å². The highest BCUT2D eigenvalue weighted by molar-refractivity contribution is 14.1. The number of hydrogen-bond donors (Lipinski definition) is 1. The van der Waals surface area contributed by atoms with Crippen molar-refractivity contribution in [2.45, 2.75) is 6.54 Å². The minimum atomic E-state index is -1.13. The maximum atomic E-state index is 11.7. The van der Waals surface area contributed by atoms with E-state index in [0.717, 1.165) is 0 Å². The summed E-state index contributed by atoms with van der Waals surface area (Å²) >= 11 is 1.89. The van der Waals surface area contributed by atoms with E-state index in [2.05, 4.69) is 4.98 Å². The van der Waals surface area contributed by atoms with E-state index in [0.29, 0.717) is 9.33 Å². The molecule has 2 heterocycles. The first kappa shape index (κ1) is 11.8. The van der Waals surface area contributed by atoms with Gasteiger partial charge in [0.25, 0.3) is 5.56 Å². The van der Waals surface area contributed by atoms with Gasteiger partial charge in [0.15, 0.2) is 0 Å². The van der Waals surface area contributed by atoms with Crippen molar-refractivity contribution in [2.75, 3.05) is 0 Å². The van der Waals surface area contributed by atoms with Crippen LogP contribution in [0.3, 0.4) is 0 Å². The number of furan rings is 1. The van der Waals surface area contributed by atoms with E-state index in [1.807, 2.05) is 22.6 Å². The molecule has 1 N–H and O–H groups in total. The van der Waals surface area contributed by atoms with Gasteiger partial charge in [0.1, 0.15) is 5.76 Å². The van der Waals surface area contributed by atoms with E-state index in [1.54, 1.807) is 0 Å². The molecule has 2 rings (SSSR count). The number of nitrogens with zero attached hydrogens (tertiary/aromatic N) is 2. The lowest BCUT2D eigenvalue weighted by Gasteiger charge is -2.02. The van der Waals surface area contributed by atoms with Crippen molar-refractivity contribution < 1.29 is 14.3 Å². The molecule has 6 nitrogen and oxygen atoms in total. The van der Waals surface area contributed by atoms with Gasteiger partial charge in [0.2, 0.25) is 5.76 Å². The zero-order valence-corrected chi connectivity index (χ0v) is 10.6. The second-order valence-corrected chi connectivity index (χ2v) is 4.41. The monoisotopic (exact) mass is 346 g/mol. The van der Waals surface area contributed by atoms with Crippen LogP contribution in [0.15, 0.2) is 33.9 Å². The maximum Gasteiger partial charge on any atom is 0.371 e. The summed E-state index contributed by atoms with van der Waals surface area (Å²) in [7, 11) is 0. The van der Waals surface area contributed by atoms with Crippen molar-refractivity contribution in [3.05, 3.63) is 50.1 Å². The zero-order valence-electron chi connectivity index (χ0n) is 8.46. The Balaban J connectivity index is 2.28. The molecule has 0 fully saturated rings. The summed E-state index contributed by atoms with van der Waals surface area (Å²) in [6, 6.07) is 2.87. The van der Waals surface area contributed by atoms with Crippen molar-refractivity contribution in [2.24, 2.45) is 0 Å². The lowest BCUT2D eigenvalue weighted by Crippen LogP contribution is -2.22. The number of carboxylic acids is 1. The summed E-state index contributed by atoms with van der Waals surface area (Å²) in [6.45, 7) is 0.163. The van der Waals surface area contributed by atoms with Crippen molar-refractivity contribution >= 4 is 28.6 Å². The fourth-order valence-corrected chi connectivity index (χ4v) is 1.75. The third kappa shape index (κ3) is 2.54. The van der Waals surface area contributed by atoms with E-state index < -0.39 is 5.97 Å². The Morgan fingerprint density at radius 1 is 1.53 bits per heavy atom. The lowest BCUT2D eigenvalue weighted by molar-refractivity contribution is 0.0660. The number of halogens is 1. The minimum Gasteiger partial charge on any atom is -0.475 e. The van der Waals surface area contributed by atoms with Crippen molar-refractivity contribution in [3.63, 3.8) is 0 Å². The molecule has 0 aliphatic rings. The highest BCUT2D eigenvalue weighted by Gasteiger charge is 2.10. The third-order valence-electron chi connectivity index (χ3n) is 2.06. The lowest BCUT2D eigenvalue weighted by atomic mass is 10.4. The van der Waals surface area contributed by atoms with Gasteiger partial charge in [-0.25, -0.2) is 9.78 Å². The molecule has 0 spiro atoms. The summed E-state index contributed by atoms with van der Waals surface area (Å²) in [5.41, 5.74) is -0.186. The van der Waals surface area contributed by atoms with Gasteiger partial charge in [0.05, 0.1) is 16.4 Å². The first-order valence-corrected chi connectivity index (χ1v) is 5.68. The Kier molecular flexibility index (Phi) is 3.27. The Hall–Kier alpha value is -1.64. The molecule has 0 aliphatic carbocycles. The molecule has 2 aromatic heterocycles. The molecule has 88 valence electrons. The van der Waals surface area contributed by atoms with Crippen LogP contribution in [-0.4, -0.2) is 20.6 Å². The first-order chi connectivity index (χ1) is 8.08. The average molecular weight is 346 g/mol. The summed E-state index contributed by atoms with van der Waals surface area (Å²) in [6.07, 6.45) is 2.84. The SMILES string of the molecule is O=C(O)c1ccc(Cn2cncc(I)c2=O)o1. The van der Waals surface area contributed by atoms with Crippen LogP contribution in [0.1, 0.15) is 16.3 Å². The molecule has 7 heteroatoms. The highest BCUT2D eigenvalue weighted by atomic mass is 127. The molecule has 17 heavy (non-hydrogen) atoms. The molecular weight excluding hydrogens is 339 g/mol. The van der Waals surface area contributed by atoms with E-state index in [1.165, 1.54) is 29.2 Å². The minimum absolute atomic E-state index is 0.147. The zero-order chi connectivity index (χ0) is 12.4. The average Bonchev–Trinajstić information content (AvgIpc) is 2.73. The van der Waals surface area contributed by atoms with E-state index >= 15 is 0 Å². The maximum absolute atomic E-state index is 11.7. The Morgan fingerprint density at radius 3 is 2.94 bits per heavy atom. The summed E-state index contributed by atoms with van der Waals surface area (Å²) in [5, 5.41) is 8.69. The Bertz CT molecular complexity index is 617. The van der Waals surface area contributed by atoms with Crippen LogP contribution in [0.4, 0.5) is 0 Å². The fraction of sp³-hybridized carbons (Fsp3) is 0.100. The van der Waals surface area contributed by atoms with Crippen molar-refractivity contribution in [1.82, 2.24) is 9.55 Å². The predicted octanol–water partition coefficient (Wildman–Crippen LogP) is 1.19. The van der Waals surface area contributed by atoms with Crippen LogP contribution < -0.4 is 5.56 Å². The van der Waals surface area contributed by atoms with Crippen LogP contribution in [0.2, 0.25) is 0 Å². The van der Waals surface area contributed by atoms with Gasteiger partial charge in [-0.1, -0.05) is 0 Å². The van der Waals surface area contributed by atoms with Crippen LogP contribution in [0, 0.1) is 3.57 Å². The van der Waals surface area contributed by atoms with E-state index in [4.69, 9.17) is 9.52 Å². The van der Waals surface area contributed by atoms with E-state index in [-0.39, 0.29) is 17.9 Å². The first-order valence-electron chi connectivity index (χ1n) is 4.60. The van der Waals surface area contributed by atoms with Gasteiger partial charge in [-0.05, 0) is 34.7 Å². The molecule has 0 saturated heterocycles. The van der Waals surface area contributed by atoms with Gasteiger partial charge >= 0.3 is 5.97 Å². The molecule has 2 aromatic rings. The molecule has 0 saturated carbocycles.